The van der Waals surface area contributed by atoms with E-state index in [-0.39, 0.29) is 11.4 Å². The molecule has 4 N–H and O–H groups in total. The van der Waals surface area contributed by atoms with Gasteiger partial charge in [0.2, 0.25) is 0 Å². The van der Waals surface area contributed by atoms with Crippen molar-refractivity contribution in [2.75, 3.05) is 6.54 Å². The molecule has 0 atom stereocenters. The van der Waals surface area contributed by atoms with Crippen LogP contribution in [0.4, 0.5) is 0 Å². The number of nitrogens with zero attached hydrogens (tertiary/aromatic N) is 1. The zero-order chi connectivity index (χ0) is 11.5. The normalized spacial score (nSPS) is 11.1. The maximum Gasteiger partial charge on any atom is 0.185 e. The Morgan fingerprint density at radius 2 is 1.80 bits per heavy atom. The smallest absolute Gasteiger partial charge is 0.185 e. The Morgan fingerprint density at radius 3 is 2.27 bits per heavy atom. The van der Waals surface area contributed by atoms with Gasteiger partial charge in [-0.3, -0.25) is 4.99 Å². The molecular weight excluding hydrogens is 254 g/mol. The van der Waals surface area contributed by atoms with Crippen LogP contribution in [0.15, 0.2) is 33.7 Å². The highest BCUT2D eigenvalue weighted by molar-refractivity contribution is 9.10. The molecule has 82 valence electrons. The lowest BCUT2D eigenvalue weighted by atomic mass is 9.85. The topological polar surface area (TPSA) is 64.4 Å². The molecule has 4 heteroatoms. The van der Waals surface area contributed by atoms with Crippen molar-refractivity contribution in [2.24, 2.45) is 16.5 Å². The van der Waals surface area contributed by atoms with Crippen molar-refractivity contribution in [3.63, 3.8) is 0 Å². The lowest BCUT2D eigenvalue weighted by Crippen LogP contribution is -2.28. The van der Waals surface area contributed by atoms with E-state index in [0.29, 0.717) is 6.54 Å². The van der Waals surface area contributed by atoms with Gasteiger partial charge >= 0.3 is 0 Å². The van der Waals surface area contributed by atoms with Gasteiger partial charge in [-0.1, -0.05) is 41.9 Å². The largest absolute Gasteiger partial charge is 0.370 e. The second kappa shape index (κ2) is 4.66. The van der Waals surface area contributed by atoms with Gasteiger partial charge in [-0.05, 0) is 17.7 Å². The minimum absolute atomic E-state index is 0.0509. The van der Waals surface area contributed by atoms with Crippen molar-refractivity contribution in [1.29, 1.82) is 0 Å². The fourth-order valence-corrected chi connectivity index (χ4v) is 1.55. The molecule has 0 unspecified atom stereocenters. The minimum atomic E-state index is -0.0509. The molecular formula is C11H16BrN3. The summed E-state index contributed by atoms with van der Waals surface area (Å²) in [4.78, 5) is 4.06. The molecule has 0 aliphatic heterocycles. The van der Waals surface area contributed by atoms with Crippen LogP contribution in [0, 0.1) is 0 Å². The maximum atomic E-state index is 5.32. The summed E-state index contributed by atoms with van der Waals surface area (Å²) in [6.45, 7) is 4.82. The van der Waals surface area contributed by atoms with Crippen molar-refractivity contribution in [1.82, 2.24) is 0 Å². The van der Waals surface area contributed by atoms with E-state index in [1.807, 2.05) is 12.1 Å². The first-order valence-electron chi connectivity index (χ1n) is 4.73. The van der Waals surface area contributed by atoms with E-state index in [9.17, 15) is 0 Å². The van der Waals surface area contributed by atoms with E-state index in [1.54, 1.807) is 0 Å². The lowest BCUT2D eigenvalue weighted by Gasteiger charge is -2.23. The van der Waals surface area contributed by atoms with Crippen molar-refractivity contribution < 1.29 is 0 Å². The molecule has 0 saturated heterocycles. The van der Waals surface area contributed by atoms with E-state index < -0.39 is 0 Å². The first-order chi connectivity index (χ1) is 6.92. The molecule has 1 rings (SSSR count). The van der Waals surface area contributed by atoms with Gasteiger partial charge in [-0.15, -0.1) is 0 Å². The first-order valence-corrected chi connectivity index (χ1v) is 5.52. The van der Waals surface area contributed by atoms with Crippen LogP contribution in [0.3, 0.4) is 0 Å². The molecule has 0 saturated carbocycles. The molecule has 0 amide bonds. The zero-order valence-electron chi connectivity index (χ0n) is 9.00. The number of guanidine groups is 1. The second-order valence-electron chi connectivity index (χ2n) is 4.13. The van der Waals surface area contributed by atoms with Crippen LogP contribution >= 0.6 is 15.9 Å². The third kappa shape index (κ3) is 3.55. The van der Waals surface area contributed by atoms with Crippen LogP contribution in [0.1, 0.15) is 19.4 Å². The van der Waals surface area contributed by atoms with Crippen LogP contribution in [0.2, 0.25) is 0 Å². The predicted octanol–water partition coefficient (Wildman–Crippen LogP) is 2.00. The fraction of sp³-hybridized carbons (Fsp3) is 0.364. The zero-order valence-corrected chi connectivity index (χ0v) is 10.6. The summed E-state index contributed by atoms with van der Waals surface area (Å²) in [6.07, 6.45) is 0. The number of hydrogen-bond acceptors (Lipinski definition) is 1. The van der Waals surface area contributed by atoms with Crippen molar-refractivity contribution in [2.45, 2.75) is 19.3 Å². The van der Waals surface area contributed by atoms with Gasteiger partial charge in [0.15, 0.2) is 5.96 Å². The van der Waals surface area contributed by atoms with Gasteiger partial charge in [0.25, 0.3) is 0 Å². The number of aliphatic imine (C=N–C) groups is 1. The van der Waals surface area contributed by atoms with E-state index in [0.717, 1.165) is 4.47 Å². The van der Waals surface area contributed by atoms with Gasteiger partial charge in [0, 0.05) is 9.89 Å². The van der Waals surface area contributed by atoms with Gasteiger partial charge < -0.3 is 11.5 Å². The maximum absolute atomic E-state index is 5.32. The Hall–Kier alpha value is -1.03. The molecule has 1 aromatic rings. The summed E-state index contributed by atoms with van der Waals surface area (Å²) in [5.74, 6) is 0.139. The molecule has 3 nitrogen and oxygen atoms in total. The van der Waals surface area contributed by atoms with Crippen molar-refractivity contribution in [3.8, 4) is 0 Å². The molecule has 0 aliphatic carbocycles. The average molecular weight is 270 g/mol. The Labute approximate surface area is 98.7 Å². The molecule has 0 aliphatic rings. The van der Waals surface area contributed by atoms with E-state index in [2.05, 4.69) is 46.9 Å². The van der Waals surface area contributed by atoms with Gasteiger partial charge in [0.05, 0.1) is 6.54 Å². The number of hydrogen-bond donors (Lipinski definition) is 2. The van der Waals surface area contributed by atoms with Crippen LogP contribution in [0.5, 0.6) is 0 Å². The predicted molar refractivity (Wildman–Crippen MR) is 67.8 cm³/mol. The Balaban J connectivity index is 2.85. The summed E-state index contributed by atoms with van der Waals surface area (Å²) in [7, 11) is 0. The molecule has 1 aromatic carbocycles. The van der Waals surface area contributed by atoms with Crippen LogP contribution < -0.4 is 11.5 Å². The van der Waals surface area contributed by atoms with Crippen molar-refractivity contribution >= 4 is 21.9 Å². The molecule has 0 bridgehead atoms. The van der Waals surface area contributed by atoms with E-state index >= 15 is 0 Å². The molecule has 15 heavy (non-hydrogen) atoms. The lowest BCUT2D eigenvalue weighted by molar-refractivity contribution is 0.540. The molecule has 0 aromatic heterocycles. The average Bonchev–Trinajstić information content (AvgIpc) is 2.16. The standard InChI is InChI=1S/C11H16BrN3/c1-11(2,7-15-10(13)14)8-3-5-9(12)6-4-8/h3-6H,7H2,1-2H3,(H4,13,14,15). The van der Waals surface area contributed by atoms with E-state index in [1.165, 1.54) is 5.56 Å². The summed E-state index contributed by atoms with van der Waals surface area (Å²) < 4.78 is 1.07. The number of rotatable bonds is 3. The van der Waals surface area contributed by atoms with Crippen LogP contribution in [-0.4, -0.2) is 12.5 Å². The molecule has 0 heterocycles. The van der Waals surface area contributed by atoms with Crippen LogP contribution in [0.25, 0.3) is 0 Å². The highest BCUT2D eigenvalue weighted by Gasteiger charge is 2.19. The number of halogens is 1. The Morgan fingerprint density at radius 1 is 1.27 bits per heavy atom. The summed E-state index contributed by atoms with van der Waals surface area (Å²) in [5, 5.41) is 0. The third-order valence-corrected chi connectivity index (χ3v) is 2.81. The summed E-state index contributed by atoms with van der Waals surface area (Å²) in [6, 6.07) is 8.19. The monoisotopic (exact) mass is 269 g/mol. The second-order valence-corrected chi connectivity index (χ2v) is 5.05. The third-order valence-electron chi connectivity index (χ3n) is 2.28. The van der Waals surface area contributed by atoms with Gasteiger partial charge in [-0.25, -0.2) is 0 Å². The van der Waals surface area contributed by atoms with Gasteiger partial charge in [0.1, 0.15) is 0 Å². The highest BCUT2D eigenvalue weighted by Crippen LogP contribution is 2.24. The molecule has 0 fully saturated rings. The quantitative estimate of drug-likeness (QED) is 0.651. The Kier molecular flexibility index (Phi) is 3.74. The number of benzene rings is 1. The number of nitrogens with two attached hydrogens (primary N) is 2. The minimum Gasteiger partial charge on any atom is -0.370 e. The summed E-state index contributed by atoms with van der Waals surface area (Å²) >= 11 is 3.41. The first kappa shape index (κ1) is 12.0. The molecule has 0 radical (unpaired) electrons. The SMILES string of the molecule is CC(C)(CN=C(N)N)c1ccc(Br)cc1. The van der Waals surface area contributed by atoms with Crippen molar-refractivity contribution in [3.05, 3.63) is 34.3 Å². The molecule has 0 spiro atoms. The van der Waals surface area contributed by atoms with E-state index in [4.69, 9.17) is 11.5 Å². The fourth-order valence-electron chi connectivity index (χ4n) is 1.28. The van der Waals surface area contributed by atoms with Gasteiger partial charge in [-0.2, -0.15) is 0 Å². The summed E-state index contributed by atoms with van der Waals surface area (Å²) in [5.41, 5.74) is 11.8. The highest BCUT2D eigenvalue weighted by atomic mass is 79.9. The Bertz CT molecular complexity index is 351. The van der Waals surface area contributed by atoms with Crippen LogP contribution in [-0.2, 0) is 5.41 Å².